The van der Waals surface area contributed by atoms with Gasteiger partial charge in [-0.2, -0.15) is 0 Å². The van der Waals surface area contributed by atoms with Gasteiger partial charge in [0.1, 0.15) is 12.6 Å². The van der Waals surface area contributed by atoms with E-state index in [0.29, 0.717) is 24.3 Å². The summed E-state index contributed by atoms with van der Waals surface area (Å²) in [7, 11) is 0. The van der Waals surface area contributed by atoms with Gasteiger partial charge in [-0.15, -0.1) is 11.8 Å². The molecule has 0 radical (unpaired) electrons. The van der Waals surface area contributed by atoms with Crippen molar-refractivity contribution in [3.63, 3.8) is 0 Å². The molecule has 1 aliphatic rings. The monoisotopic (exact) mass is 442 g/mol. The number of para-hydroxylation sites is 1. The Hall–Kier alpha value is -2.84. The maximum Gasteiger partial charge on any atom is 0.324 e. The van der Waals surface area contributed by atoms with E-state index in [2.05, 4.69) is 5.32 Å². The van der Waals surface area contributed by atoms with Gasteiger partial charge >= 0.3 is 11.9 Å². The van der Waals surface area contributed by atoms with E-state index in [4.69, 9.17) is 4.74 Å². The van der Waals surface area contributed by atoms with Crippen molar-refractivity contribution >= 4 is 35.3 Å². The fraction of sp³-hybridized carbons (Fsp3) is 0.348. The van der Waals surface area contributed by atoms with E-state index in [0.717, 1.165) is 10.5 Å². The second kappa shape index (κ2) is 11.0. The van der Waals surface area contributed by atoms with E-state index in [1.54, 1.807) is 19.1 Å². The first-order chi connectivity index (χ1) is 15.0. The number of nitrogens with one attached hydrogen (secondary N) is 1. The molecule has 2 aromatic carbocycles. The van der Waals surface area contributed by atoms with Crippen molar-refractivity contribution in [2.45, 2.75) is 36.7 Å². The molecule has 164 valence electrons. The maximum absolute atomic E-state index is 13.3. The molecule has 0 fully saturated rings. The van der Waals surface area contributed by atoms with Crippen LogP contribution in [0.5, 0.6) is 0 Å². The number of aryl methyl sites for hydroxylation is 1. The number of amides is 1. The molecule has 1 heterocycles. The third-order valence-corrected chi connectivity index (χ3v) is 6.08. The van der Waals surface area contributed by atoms with Crippen molar-refractivity contribution in [2.75, 3.05) is 23.8 Å². The van der Waals surface area contributed by atoms with Crippen LogP contribution in [0.4, 0.5) is 5.69 Å². The van der Waals surface area contributed by atoms with Crippen LogP contribution in [-0.4, -0.2) is 53.9 Å². The largest absolute Gasteiger partial charge is 0.480 e. The number of nitrogens with zero attached hydrogens (tertiary/aromatic N) is 1. The zero-order valence-corrected chi connectivity index (χ0v) is 18.1. The Morgan fingerprint density at radius 1 is 1.19 bits per heavy atom. The van der Waals surface area contributed by atoms with Gasteiger partial charge in [-0.1, -0.05) is 36.4 Å². The van der Waals surface area contributed by atoms with Crippen molar-refractivity contribution in [1.82, 2.24) is 5.32 Å². The number of thioether (sulfide) groups is 1. The van der Waals surface area contributed by atoms with Gasteiger partial charge in [0, 0.05) is 16.3 Å². The van der Waals surface area contributed by atoms with E-state index in [-0.39, 0.29) is 12.5 Å². The zero-order chi connectivity index (χ0) is 22.2. The number of ether oxygens (including phenoxy) is 1. The molecule has 0 aromatic heterocycles. The summed E-state index contributed by atoms with van der Waals surface area (Å²) in [6, 6.07) is 15.6. The third kappa shape index (κ3) is 6.08. The summed E-state index contributed by atoms with van der Waals surface area (Å²) in [6.07, 6.45) is 1.05. The Morgan fingerprint density at radius 2 is 1.90 bits per heavy atom. The highest BCUT2D eigenvalue weighted by molar-refractivity contribution is 7.99. The van der Waals surface area contributed by atoms with Gasteiger partial charge in [-0.3, -0.25) is 24.6 Å². The number of aliphatic carboxylic acids is 1. The summed E-state index contributed by atoms with van der Waals surface area (Å²) in [6.45, 7) is 1.54. The van der Waals surface area contributed by atoms with Crippen LogP contribution >= 0.6 is 11.8 Å². The number of carbonyl (C=O) groups excluding carboxylic acids is 2. The van der Waals surface area contributed by atoms with Gasteiger partial charge in [0.15, 0.2) is 0 Å². The predicted octanol–water partition coefficient (Wildman–Crippen LogP) is 2.73. The van der Waals surface area contributed by atoms with Crippen LogP contribution in [-0.2, 0) is 25.5 Å². The van der Waals surface area contributed by atoms with Gasteiger partial charge in [0.25, 0.3) is 0 Å². The van der Waals surface area contributed by atoms with Crippen molar-refractivity contribution in [3.8, 4) is 0 Å². The van der Waals surface area contributed by atoms with Crippen molar-refractivity contribution in [3.05, 3.63) is 60.2 Å². The lowest BCUT2D eigenvalue weighted by molar-refractivity contribution is -0.145. The quantitative estimate of drug-likeness (QED) is 0.455. The molecular formula is C23H26N2O5S. The average Bonchev–Trinajstić information content (AvgIpc) is 2.89. The Labute approximate surface area is 185 Å². The van der Waals surface area contributed by atoms with Gasteiger partial charge in [-0.05, 0) is 43.5 Å². The molecule has 0 unspecified atom stereocenters. The molecule has 0 saturated heterocycles. The van der Waals surface area contributed by atoms with Gasteiger partial charge in [-0.25, -0.2) is 0 Å². The average molecular weight is 443 g/mol. The van der Waals surface area contributed by atoms with Crippen molar-refractivity contribution in [1.29, 1.82) is 0 Å². The first kappa shape index (κ1) is 22.8. The third-order valence-electron chi connectivity index (χ3n) is 4.98. The lowest BCUT2D eigenvalue weighted by atomic mass is 10.1. The van der Waals surface area contributed by atoms with E-state index in [9.17, 15) is 19.5 Å². The Bertz CT molecular complexity index is 921. The van der Waals surface area contributed by atoms with Crippen LogP contribution < -0.4 is 10.2 Å². The molecule has 2 atom stereocenters. The van der Waals surface area contributed by atoms with Crippen molar-refractivity contribution in [2.24, 2.45) is 0 Å². The standard InChI is InChI=1S/C23H26N2O5S/c1-2-30-23(29)19(15-31-17-9-4-3-5-10-17)24-18-13-12-16-8-6-7-11-20(16)25(22(18)28)14-21(26)27/h3-11,18-19,24H,2,12-15H2,1H3,(H,26,27)/t18-,19-/m0/s1. The highest BCUT2D eigenvalue weighted by Gasteiger charge is 2.34. The van der Waals surface area contributed by atoms with E-state index < -0.39 is 30.6 Å². The number of hydrogen-bond donors (Lipinski definition) is 2. The topological polar surface area (TPSA) is 95.9 Å². The number of benzene rings is 2. The van der Waals surface area contributed by atoms with Gasteiger partial charge < -0.3 is 9.84 Å². The smallest absolute Gasteiger partial charge is 0.324 e. The lowest BCUT2D eigenvalue weighted by Gasteiger charge is -2.27. The van der Waals surface area contributed by atoms with Crippen molar-refractivity contribution < 1.29 is 24.2 Å². The molecule has 2 aromatic rings. The molecule has 1 amide bonds. The van der Waals surface area contributed by atoms with Crippen LogP contribution in [0.2, 0.25) is 0 Å². The normalized spacial score (nSPS) is 16.9. The Balaban J connectivity index is 1.79. The molecule has 2 N–H and O–H groups in total. The number of carbonyl (C=O) groups is 3. The number of anilines is 1. The van der Waals surface area contributed by atoms with Crippen LogP contribution in [0.1, 0.15) is 18.9 Å². The summed E-state index contributed by atoms with van der Waals surface area (Å²) in [4.78, 5) is 39.6. The van der Waals surface area contributed by atoms with Crippen LogP contribution in [0.3, 0.4) is 0 Å². The summed E-state index contributed by atoms with van der Waals surface area (Å²) >= 11 is 1.49. The minimum atomic E-state index is -1.09. The molecule has 0 bridgehead atoms. The fourth-order valence-electron chi connectivity index (χ4n) is 3.53. The minimum Gasteiger partial charge on any atom is -0.480 e. The predicted molar refractivity (Wildman–Crippen MR) is 119 cm³/mol. The van der Waals surface area contributed by atoms with Gasteiger partial charge in [0.2, 0.25) is 5.91 Å². The molecule has 31 heavy (non-hydrogen) atoms. The van der Waals surface area contributed by atoms with Gasteiger partial charge in [0.05, 0.1) is 12.6 Å². The zero-order valence-electron chi connectivity index (χ0n) is 17.3. The first-order valence-electron chi connectivity index (χ1n) is 10.2. The Morgan fingerprint density at radius 3 is 2.61 bits per heavy atom. The summed E-state index contributed by atoms with van der Waals surface area (Å²) in [5.74, 6) is -1.49. The Kier molecular flexibility index (Phi) is 8.08. The number of rotatable bonds is 9. The molecule has 0 spiro atoms. The molecule has 3 rings (SSSR count). The van der Waals surface area contributed by atoms with Crippen LogP contribution in [0, 0.1) is 0 Å². The fourth-order valence-corrected chi connectivity index (χ4v) is 4.48. The van der Waals surface area contributed by atoms with Crippen LogP contribution in [0.25, 0.3) is 0 Å². The number of carboxylic acid groups (broad SMARTS) is 1. The molecule has 0 saturated carbocycles. The number of hydrogen-bond acceptors (Lipinski definition) is 6. The number of esters is 1. The highest BCUT2D eigenvalue weighted by atomic mass is 32.2. The number of fused-ring (bicyclic) bond motifs is 1. The SMILES string of the molecule is CCOC(=O)[C@H](CSc1ccccc1)N[C@H]1CCc2ccccc2N(CC(=O)O)C1=O. The molecular weight excluding hydrogens is 416 g/mol. The minimum absolute atomic E-state index is 0.238. The molecule has 1 aliphatic heterocycles. The van der Waals surface area contributed by atoms with Crippen LogP contribution in [0.15, 0.2) is 59.5 Å². The number of carboxylic acids is 1. The van der Waals surface area contributed by atoms with E-state index in [1.165, 1.54) is 16.7 Å². The second-order valence-corrected chi connectivity index (χ2v) is 8.23. The summed E-state index contributed by atoms with van der Waals surface area (Å²) < 4.78 is 5.22. The molecule has 0 aliphatic carbocycles. The second-order valence-electron chi connectivity index (χ2n) is 7.13. The molecule has 7 nitrogen and oxygen atoms in total. The molecule has 8 heteroatoms. The lowest BCUT2D eigenvalue weighted by Crippen LogP contribution is -2.53. The maximum atomic E-state index is 13.3. The first-order valence-corrected chi connectivity index (χ1v) is 11.2. The van der Waals surface area contributed by atoms with E-state index >= 15 is 0 Å². The summed E-state index contributed by atoms with van der Waals surface area (Å²) in [5.41, 5.74) is 1.51. The summed E-state index contributed by atoms with van der Waals surface area (Å²) in [5, 5.41) is 12.5. The van der Waals surface area contributed by atoms with E-state index in [1.807, 2.05) is 42.5 Å². The highest BCUT2D eigenvalue weighted by Crippen LogP contribution is 2.27.